The molecule has 13 rings (SSSR count). The number of nitrogens with zero attached hydrogens (tertiary/aromatic N) is 1. The molecule has 0 spiro atoms. The SMILES string of the molecule is c1cc(-c2ccc(N(c3ccc(-c4ccc5c6ccccc6c6ccccc6c5c4)cc3)c3ccc(-c4cccc5c4sc4ccccc45)cc3)cc2)cc(-c2cccc3ccccc23)c1. The summed E-state index contributed by atoms with van der Waals surface area (Å²) in [5.41, 5.74) is 13.0. The minimum absolute atomic E-state index is 1.10. The summed E-state index contributed by atoms with van der Waals surface area (Å²) in [5, 5.41) is 12.9. The fraction of sp³-hybridized carbons (Fsp3) is 0. The molecule has 2 heteroatoms. The van der Waals surface area contributed by atoms with E-state index in [4.69, 9.17) is 0 Å². The molecule has 0 radical (unpaired) electrons. The molecule has 308 valence electrons. The third-order valence-electron chi connectivity index (χ3n) is 13.5. The quantitative estimate of drug-likeness (QED) is 0.144. The number of anilines is 3. The molecule has 0 N–H and O–H groups in total. The van der Waals surface area contributed by atoms with Crippen molar-refractivity contribution < 1.29 is 0 Å². The molecule has 1 heterocycles. The van der Waals surface area contributed by atoms with E-state index in [0.29, 0.717) is 0 Å². The first kappa shape index (κ1) is 38.2. The van der Waals surface area contributed by atoms with Gasteiger partial charge in [-0.2, -0.15) is 0 Å². The van der Waals surface area contributed by atoms with Crippen LogP contribution in [0, 0.1) is 0 Å². The Bertz CT molecular complexity index is 3930. The molecule has 1 aromatic heterocycles. The normalized spacial score (nSPS) is 11.6. The molecular formula is C64H41NS. The van der Waals surface area contributed by atoms with E-state index in [-0.39, 0.29) is 0 Å². The molecular weight excluding hydrogens is 815 g/mol. The Hall–Kier alpha value is -8.30. The zero-order valence-corrected chi connectivity index (χ0v) is 36.8. The van der Waals surface area contributed by atoms with Crippen molar-refractivity contribution in [2.24, 2.45) is 0 Å². The van der Waals surface area contributed by atoms with Gasteiger partial charge in [0.2, 0.25) is 0 Å². The van der Waals surface area contributed by atoms with Gasteiger partial charge in [0.1, 0.15) is 0 Å². The van der Waals surface area contributed by atoms with Gasteiger partial charge < -0.3 is 4.90 Å². The van der Waals surface area contributed by atoms with Crippen molar-refractivity contribution in [1.82, 2.24) is 0 Å². The van der Waals surface area contributed by atoms with Crippen LogP contribution in [0.15, 0.2) is 249 Å². The van der Waals surface area contributed by atoms with Crippen LogP contribution in [0.3, 0.4) is 0 Å². The van der Waals surface area contributed by atoms with Crippen LogP contribution >= 0.6 is 11.3 Å². The van der Waals surface area contributed by atoms with Gasteiger partial charge in [-0.1, -0.05) is 194 Å². The molecule has 0 saturated carbocycles. The molecule has 12 aromatic carbocycles. The third kappa shape index (κ3) is 6.45. The number of benzene rings is 12. The lowest BCUT2D eigenvalue weighted by molar-refractivity contribution is 1.28. The van der Waals surface area contributed by atoms with Gasteiger partial charge in [-0.15, -0.1) is 11.3 Å². The number of fused-ring (bicyclic) bond motifs is 10. The van der Waals surface area contributed by atoms with E-state index in [0.717, 1.165) is 17.1 Å². The number of hydrogen-bond donors (Lipinski definition) is 0. The lowest BCUT2D eigenvalue weighted by Gasteiger charge is -2.26. The number of thiophene rings is 1. The predicted octanol–water partition coefficient (Wildman–Crippen LogP) is 18.8. The monoisotopic (exact) mass is 855 g/mol. The van der Waals surface area contributed by atoms with E-state index in [1.807, 2.05) is 11.3 Å². The van der Waals surface area contributed by atoms with E-state index in [2.05, 4.69) is 254 Å². The summed E-state index contributed by atoms with van der Waals surface area (Å²) in [4.78, 5) is 2.38. The van der Waals surface area contributed by atoms with Gasteiger partial charge in [0.25, 0.3) is 0 Å². The van der Waals surface area contributed by atoms with Gasteiger partial charge in [0.05, 0.1) is 0 Å². The zero-order chi connectivity index (χ0) is 43.6. The summed E-state index contributed by atoms with van der Waals surface area (Å²) in [6, 6.07) is 91.4. The smallest absolute Gasteiger partial charge is 0.0462 e. The zero-order valence-electron chi connectivity index (χ0n) is 36.0. The average molecular weight is 856 g/mol. The fourth-order valence-corrected chi connectivity index (χ4v) is 11.5. The van der Waals surface area contributed by atoms with E-state index in [1.54, 1.807) is 0 Å². The van der Waals surface area contributed by atoms with E-state index in [1.165, 1.54) is 108 Å². The van der Waals surface area contributed by atoms with Gasteiger partial charge >= 0.3 is 0 Å². The van der Waals surface area contributed by atoms with Crippen molar-refractivity contribution in [1.29, 1.82) is 0 Å². The van der Waals surface area contributed by atoms with Crippen LogP contribution < -0.4 is 4.90 Å². The van der Waals surface area contributed by atoms with Gasteiger partial charge in [-0.05, 0) is 142 Å². The Morgan fingerprint density at radius 3 is 1.35 bits per heavy atom. The molecule has 0 aliphatic heterocycles. The second kappa shape index (κ2) is 15.7. The first-order valence-corrected chi connectivity index (χ1v) is 23.5. The molecule has 0 atom stereocenters. The number of hydrogen-bond acceptors (Lipinski definition) is 2. The van der Waals surface area contributed by atoms with Crippen LogP contribution in [-0.2, 0) is 0 Å². The summed E-state index contributed by atoms with van der Waals surface area (Å²) in [7, 11) is 0. The molecule has 0 saturated heterocycles. The molecule has 0 aliphatic rings. The Kier molecular flexibility index (Phi) is 9.11. The van der Waals surface area contributed by atoms with Gasteiger partial charge in [0.15, 0.2) is 0 Å². The van der Waals surface area contributed by atoms with Gasteiger partial charge in [-0.25, -0.2) is 0 Å². The highest BCUT2D eigenvalue weighted by atomic mass is 32.1. The summed E-state index contributed by atoms with van der Waals surface area (Å²) in [6.45, 7) is 0. The predicted molar refractivity (Wildman–Crippen MR) is 286 cm³/mol. The molecule has 0 amide bonds. The standard InChI is InChI=1S/C64H41NS/c1-2-16-52-44(12-1)13-10-22-53(52)48-15-9-14-46(40-48)42-26-33-49(34-27-42)65(51-37-30-45(31-38-51)54-23-11-24-61-60-21-7-8-25-63(60)66-64(54)61)50-35-28-43(29-36-50)47-32-39-59-57-19-4-3-17-55(57)56-18-5-6-20-58(56)62(59)41-47/h1-41H. The van der Waals surface area contributed by atoms with Crippen LogP contribution in [0.25, 0.3) is 108 Å². The van der Waals surface area contributed by atoms with Crippen LogP contribution in [0.4, 0.5) is 17.1 Å². The highest BCUT2D eigenvalue weighted by molar-refractivity contribution is 7.26. The summed E-state index contributed by atoms with van der Waals surface area (Å²) in [6.07, 6.45) is 0. The van der Waals surface area contributed by atoms with E-state index in [9.17, 15) is 0 Å². The average Bonchev–Trinajstić information content (AvgIpc) is 3.78. The van der Waals surface area contributed by atoms with E-state index < -0.39 is 0 Å². The largest absolute Gasteiger partial charge is 0.311 e. The molecule has 13 aromatic rings. The van der Waals surface area contributed by atoms with E-state index >= 15 is 0 Å². The van der Waals surface area contributed by atoms with Crippen LogP contribution in [0.5, 0.6) is 0 Å². The topological polar surface area (TPSA) is 3.24 Å². The second-order valence-electron chi connectivity index (χ2n) is 17.2. The Morgan fingerprint density at radius 1 is 0.242 bits per heavy atom. The van der Waals surface area contributed by atoms with Crippen LogP contribution in [0.1, 0.15) is 0 Å². The maximum atomic E-state index is 2.38. The van der Waals surface area contributed by atoms with Crippen molar-refractivity contribution >= 4 is 91.7 Å². The van der Waals surface area contributed by atoms with Crippen molar-refractivity contribution in [3.63, 3.8) is 0 Å². The van der Waals surface area contributed by atoms with Crippen molar-refractivity contribution in [3.05, 3.63) is 249 Å². The third-order valence-corrected chi connectivity index (χ3v) is 14.7. The Balaban J connectivity index is 0.889. The number of rotatable bonds is 7. The van der Waals surface area contributed by atoms with Gasteiger partial charge in [-0.3, -0.25) is 0 Å². The fourth-order valence-electron chi connectivity index (χ4n) is 10.2. The first-order valence-electron chi connectivity index (χ1n) is 22.7. The Labute approximate surface area is 387 Å². The highest BCUT2D eigenvalue weighted by Crippen LogP contribution is 2.43. The highest BCUT2D eigenvalue weighted by Gasteiger charge is 2.17. The summed E-state index contributed by atoms with van der Waals surface area (Å²) < 4.78 is 2.65. The second-order valence-corrected chi connectivity index (χ2v) is 18.3. The molecule has 0 aliphatic carbocycles. The molecule has 66 heavy (non-hydrogen) atoms. The molecule has 0 fully saturated rings. The van der Waals surface area contributed by atoms with Gasteiger partial charge in [0, 0.05) is 37.2 Å². The minimum atomic E-state index is 1.10. The molecule has 0 bridgehead atoms. The maximum absolute atomic E-state index is 2.38. The van der Waals surface area contributed by atoms with Crippen LogP contribution in [-0.4, -0.2) is 0 Å². The van der Waals surface area contributed by atoms with Crippen molar-refractivity contribution in [2.45, 2.75) is 0 Å². The van der Waals surface area contributed by atoms with Crippen molar-refractivity contribution in [2.75, 3.05) is 4.90 Å². The summed E-state index contributed by atoms with van der Waals surface area (Å²) >= 11 is 1.88. The minimum Gasteiger partial charge on any atom is -0.311 e. The van der Waals surface area contributed by atoms with Crippen molar-refractivity contribution in [3.8, 4) is 44.5 Å². The Morgan fingerprint density at radius 2 is 0.682 bits per heavy atom. The molecule has 0 unspecified atom stereocenters. The maximum Gasteiger partial charge on any atom is 0.0462 e. The summed E-state index contributed by atoms with van der Waals surface area (Å²) in [5.74, 6) is 0. The van der Waals surface area contributed by atoms with Crippen LogP contribution in [0.2, 0.25) is 0 Å². The first-order chi connectivity index (χ1) is 32.7. The lowest BCUT2D eigenvalue weighted by Crippen LogP contribution is -2.09. The molecule has 1 nitrogen and oxygen atoms in total. The lowest BCUT2D eigenvalue weighted by atomic mass is 9.92.